The number of hydrogen-bond donors (Lipinski definition) is 3. The van der Waals surface area contributed by atoms with E-state index in [1.165, 1.54) is 27.8 Å². The summed E-state index contributed by atoms with van der Waals surface area (Å²) in [6.45, 7) is -0.310. The summed E-state index contributed by atoms with van der Waals surface area (Å²) in [5, 5.41) is 5.45. The van der Waals surface area contributed by atoms with Crippen molar-refractivity contribution >= 4 is 34.8 Å². The van der Waals surface area contributed by atoms with E-state index in [9.17, 15) is 19.2 Å². The van der Waals surface area contributed by atoms with Gasteiger partial charge < -0.3 is 30.6 Å². The van der Waals surface area contributed by atoms with Crippen LogP contribution in [0.15, 0.2) is 102 Å². The van der Waals surface area contributed by atoms with Crippen LogP contribution < -0.4 is 31.6 Å². The molecule has 4 rings (SSSR count). The van der Waals surface area contributed by atoms with Crippen LogP contribution in [0.4, 0.5) is 17.1 Å². The highest BCUT2D eigenvalue weighted by atomic mass is 16.5. The molecule has 0 aliphatic rings. The van der Waals surface area contributed by atoms with Gasteiger partial charge in [0, 0.05) is 48.4 Å². The number of anilines is 3. The van der Waals surface area contributed by atoms with Gasteiger partial charge >= 0.3 is 0 Å². The zero-order valence-corrected chi connectivity index (χ0v) is 22.7. The highest BCUT2D eigenvalue weighted by Gasteiger charge is 2.25. The first-order valence-electron chi connectivity index (χ1n) is 12.9. The first-order chi connectivity index (χ1) is 19.7. The van der Waals surface area contributed by atoms with Crippen molar-refractivity contribution in [2.24, 2.45) is 0 Å². The Morgan fingerprint density at radius 2 is 1.63 bits per heavy atom. The Kier molecular flexibility index (Phi) is 9.16. The first kappa shape index (κ1) is 28.6. The van der Waals surface area contributed by atoms with E-state index in [2.05, 4.69) is 10.6 Å². The van der Waals surface area contributed by atoms with E-state index in [-0.39, 0.29) is 24.6 Å². The Labute approximate surface area is 237 Å². The summed E-state index contributed by atoms with van der Waals surface area (Å²) < 4.78 is 6.39. The molecule has 0 aliphatic heterocycles. The highest BCUT2D eigenvalue weighted by molar-refractivity contribution is 6.04. The van der Waals surface area contributed by atoms with Crippen molar-refractivity contribution in [1.29, 1.82) is 0 Å². The van der Waals surface area contributed by atoms with Crippen molar-refractivity contribution in [3.8, 4) is 5.75 Å². The third kappa shape index (κ3) is 7.60. The summed E-state index contributed by atoms with van der Waals surface area (Å²) >= 11 is 0. The summed E-state index contributed by atoms with van der Waals surface area (Å²) in [7, 11) is 3.20. The number of amides is 3. The molecule has 210 valence electrons. The Morgan fingerprint density at radius 3 is 2.27 bits per heavy atom. The smallest absolute Gasteiger partial charge is 0.255 e. The summed E-state index contributed by atoms with van der Waals surface area (Å²) in [4.78, 5) is 53.2. The lowest BCUT2D eigenvalue weighted by atomic mass is 10.0. The standard InChI is InChI=1S/C31H31N5O5/c1-35(25-12-14-26(41-2)15-13-25)31(40)27(18-21-6-4-3-5-7-21)34-28(37)20-36-17-16-24(19-29(36)38)33-30(39)22-8-10-23(32)11-9-22/h3-17,19,27H,18,20,32H2,1-2H3,(H,33,39)(H,34,37)/t27-/m0/s1. The summed E-state index contributed by atoms with van der Waals surface area (Å²) in [6, 6.07) is 24.6. The molecule has 0 bridgehead atoms. The zero-order valence-electron chi connectivity index (χ0n) is 22.7. The van der Waals surface area contributed by atoms with E-state index in [1.807, 2.05) is 30.3 Å². The molecule has 1 heterocycles. The molecule has 1 atom stereocenters. The molecule has 0 saturated carbocycles. The number of ether oxygens (including phenoxy) is 1. The van der Waals surface area contributed by atoms with Gasteiger partial charge in [-0.15, -0.1) is 0 Å². The van der Waals surface area contributed by atoms with Gasteiger partial charge in [-0.1, -0.05) is 30.3 Å². The summed E-state index contributed by atoms with van der Waals surface area (Å²) in [5.41, 5.74) is 7.87. The van der Waals surface area contributed by atoms with Gasteiger partial charge in [0.2, 0.25) is 11.8 Å². The number of nitrogens with zero attached hydrogens (tertiary/aromatic N) is 2. The van der Waals surface area contributed by atoms with Crippen LogP contribution >= 0.6 is 0 Å². The second-order valence-electron chi connectivity index (χ2n) is 9.36. The number of nitrogens with one attached hydrogen (secondary N) is 2. The van der Waals surface area contributed by atoms with Crippen LogP contribution in [0, 0.1) is 0 Å². The second kappa shape index (κ2) is 13.1. The molecule has 10 nitrogen and oxygen atoms in total. The van der Waals surface area contributed by atoms with Gasteiger partial charge in [-0.3, -0.25) is 19.2 Å². The predicted octanol–water partition coefficient (Wildman–Crippen LogP) is 3.08. The first-order valence-corrected chi connectivity index (χ1v) is 12.9. The van der Waals surface area contributed by atoms with Crippen LogP contribution in [0.25, 0.3) is 0 Å². The number of likely N-dealkylation sites (N-methyl/N-ethyl adjacent to an activating group) is 1. The van der Waals surface area contributed by atoms with E-state index < -0.39 is 23.4 Å². The number of nitrogen functional groups attached to an aromatic ring is 1. The molecular weight excluding hydrogens is 522 g/mol. The number of benzene rings is 3. The van der Waals surface area contributed by atoms with Crippen LogP contribution in [-0.2, 0) is 22.6 Å². The molecule has 0 fully saturated rings. The van der Waals surface area contributed by atoms with Crippen LogP contribution in [0.1, 0.15) is 15.9 Å². The third-order valence-corrected chi connectivity index (χ3v) is 6.45. The molecule has 0 radical (unpaired) electrons. The Morgan fingerprint density at radius 1 is 0.951 bits per heavy atom. The van der Waals surface area contributed by atoms with Gasteiger partial charge in [0.25, 0.3) is 11.5 Å². The number of nitrogens with two attached hydrogens (primary N) is 1. The molecule has 3 amide bonds. The van der Waals surface area contributed by atoms with E-state index >= 15 is 0 Å². The number of carbonyl (C=O) groups is 3. The maximum Gasteiger partial charge on any atom is 0.255 e. The summed E-state index contributed by atoms with van der Waals surface area (Å²) in [6.07, 6.45) is 1.68. The molecular formula is C31H31N5O5. The number of hydrogen-bond acceptors (Lipinski definition) is 6. The fourth-order valence-electron chi connectivity index (χ4n) is 4.17. The van der Waals surface area contributed by atoms with Crippen molar-refractivity contribution in [2.45, 2.75) is 19.0 Å². The van der Waals surface area contributed by atoms with Crippen molar-refractivity contribution in [1.82, 2.24) is 9.88 Å². The third-order valence-electron chi connectivity index (χ3n) is 6.45. The molecule has 4 aromatic rings. The molecule has 4 N–H and O–H groups in total. The minimum absolute atomic E-state index is 0.261. The van der Waals surface area contributed by atoms with Gasteiger partial charge in [-0.25, -0.2) is 0 Å². The number of methoxy groups -OCH3 is 1. The van der Waals surface area contributed by atoms with Crippen molar-refractivity contribution < 1.29 is 19.1 Å². The average Bonchev–Trinajstić information content (AvgIpc) is 2.98. The Balaban J connectivity index is 1.45. The van der Waals surface area contributed by atoms with E-state index in [1.54, 1.807) is 62.7 Å². The van der Waals surface area contributed by atoms with Gasteiger partial charge in [0.05, 0.1) is 7.11 Å². The van der Waals surface area contributed by atoms with E-state index in [0.717, 1.165) is 5.56 Å². The molecule has 1 aromatic heterocycles. The van der Waals surface area contributed by atoms with Crippen molar-refractivity contribution in [3.05, 3.63) is 119 Å². The van der Waals surface area contributed by atoms with Crippen molar-refractivity contribution in [2.75, 3.05) is 30.1 Å². The summed E-state index contributed by atoms with van der Waals surface area (Å²) in [5.74, 6) is -0.572. The van der Waals surface area contributed by atoms with Crippen molar-refractivity contribution in [3.63, 3.8) is 0 Å². The Bertz CT molecular complexity index is 1570. The fraction of sp³-hybridized carbons (Fsp3) is 0.161. The van der Waals surface area contributed by atoms with E-state index in [0.29, 0.717) is 22.7 Å². The molecule has 0 spiro atoms. The number of aromatic nitrogens is 1. The van der Waals surface area contributed by atoms with Gasteiger partial charge in [-0.05, 0) is 60.2 Å². The minimum atomic E-state index is -0.883. The molecule has 41 heavy (non-hydrogen) atoms. The molecule has 0 unspecified atom stereocenters. The van der Waals surface area contributed by atoms with Gasteiger partial charge in [0.15, 0.2) is 0 Å². The van der Waals surface area contributed by atoms with Gasteiger partial charge in [-0.2, -0.15) is 0 Å². The number of pyridine rings is 1. The topological polar surface area (TPSA) is 136 Å². The zero-order chi connectivity index (χ0) is 29.4. The lowest BCUT2D eigenvalue weighted by molar-refractivity contribution is -0.127. The van der Waals surface area contributed by atoms with Crippen LogP contribution in [-0.4, -0.2) is 42.5 Å². The SMILES string of the molecule is COc1ccc(N(C)C(=O)[C@H](Cc2ccccc2)NC(=O)Cn2ccc(NC(=O)c3ccc(N)cc3)cc2=O)cc1. The predicted molar refractivity (Wildman–Crippen MR) is 158 cm³/mol. The van der Waals surface area contributed by atoms with E-state index in [4.69, 9.17) is 10.5 Å². The number of rotatable bonds is 10. The molecule has 0 aliphatic carbocycles. The maximum absolute atomic E-state index is 13.5. The molecule has 0 saturated heterocycles. The molecule has 10 heteroatoms. The number of carbonyl (C=O) groups excluding carboxylic acids is 3. The van der Waals surface area contributed by atoms with Crippen LogP contribution in [0.5, 0.6) is 5.75 Å². The Hall–Kier alpha value is -5.38. The molecule has 3 aromatic carbocycles. The van der Waals surface area contributed by atoms with Crippen LogP contribution in [0.3, 0.4) is 0 Å². The van der Waals surface area contributed by atoms with Gasteiger partial charge in [0.1, 0.15) is 18.3 Å². The largest absolute Gasteiger partial charge is 0.497 e. The lowest BCUT2D eigenvalue weighted by Crippen LogP contribution is -2.50. The maximum atomic E-state index is 13.5. The monoisotopic (exact) mass is 553 g/mol. The average molecular weight is 554 g/mol. The normalized spacial score (nSPS) is 11.3. The lowest BCUT2D eigenvalue weighted by Gasteiger charge is -2.25. The highest BCUT2D eigenvalue weighted by Crippen LogP contribution is 2.19. The van der Waals surface area contributed by atoms with Crippen LogP contribution in [0.2, 0.25) is 0 Å². The fourth-order valence-corrected chi connectivity index (χ4v) is 4.17. The minimum Gasteiger partial charge on any atom is -0.497 e. The second-order valence-corrected chi connectivity index (χ2v) is 9.36. The quantitative estimate of drug-likeness (QED) is 0.258.